The Kier molecular flexibility index (Phi) is 14.9. The van der Waals surface area contributed by atoms with Crippen LogP contribution in [0, 0.1) is 0 Å². The van der Waals surface area contributed by atoms with Gasteiger partial charge in [0.15, 0.2) is 0 Å². The lowest BCUT2D eigenvalue weighted by Crippen LogP contribution is -2.08. The van der Waals surface area contributed by atoms with Crippen LogP contribution in [-0.4, -0.2) is 38.4 Å². The van der Waals surface area contributed by atoms with Crippen LogP contribution in [0.25, 0.3) is 17.2 Å². The average Bonchev–Trinajstić information content (AvgIpc) is 3.10. The summed E-state index contributed by atoms with van der Waals surface area (Å²) in [4.78, 5) is 24.2. The van der Waals surface area contributed by atoms with Crippen molar-refractivity contribution in [2.45, 2.75) is 51.4 Å². The maximum Gasteiger partial charge on any atom is 0.338 e. The Labute approximate surface area is 283 Å². The van der Waals surface area contributed by atoms with Gasteiger partial charge in [-0.1, -0.05) is 54.6 Å². The molecule has 0 fully saturated rings. The summed E-state index contributed by atoms with van der Waals surface area (Å²) in [6.45, 7) is 2.02. The highest BCUT2D eigenvalue weighted by molar-refractivity contribution is 5.91. The minimum atomic E-state index is -0.418. The van der Waals surface area contributed by atoms with Gasteiger partial charge in [-0.05, 0) is 117 Å². The minimum absolute atomic E-state index is 0.346. The number of carbonyl (C=O) groups is 2. The zero-order chi connectivity index (χ0) is 33.8. The molecule has 0 aromatic heterocycles. The molecule has 0 bridgehead atoms. The summed E-state index contributed by atoms with van der Waals surface area (Å²) in [5, 5.41) is 0. The monoisotopic (exact) mass is 650 g/mol. The number of rotatable bonds is 20. The van der Waals surface area contributed by atoms with Crippen LogP contribution >= 0.6 is 0 Å². The summed E-state index contributed by atoms with van der Waals surface area (Å²) in [7, 11) is 0. The maximum atomic E-state index is 12.1. The van der Waals surface area contributed by atoms with Crippen molar-refractivity contribution < 1.29 is 28.5 Å². The number of nitrogen functional groups attached to an aromatic ring is 2. The number of hydrogen-bond acceptors (Lipinski definition) is 8. The lowest BCUT2D eigenvalue weighted by atomic mass is 10.1. The molecule has 4 rings (SSSR count). The second kappa shape index (κ2) is 20.1. The molecule has 8 nitrogen and oxygen atoms in total. The summed E-state index contributed by atoms with van der Waals surface area (Å²) in [6.07, 6.45) is 10.5. The Hall–Kier alpha value is -5.24. The lowest BCUT2D eigenvalue weighted by Gasteiger charge is -2.08. The molecule has 0 unspecified atom stereocenters. The SMILES string of the molecule is Nc1cc(N)cc(C(=O)OCCCCCCOc2ccc(/C=C/C(=O)OCCCCCCOc3ccc(-c4ccccc4)cc3)cc2)c1. The molecule has 0 radical (unpaired) electrons. The van der Waals surface area contributed by atoms with Crippen molar-refractivity contribution in [2.75, 3.05) is 37.9 Å². The summed E-state index contributed by atoms with van der Waals surface area (Å²) in [6, 6.07) is 30.8. The van der Waals surface area contributed by atoms with Gasteiger partial charge in [-0.15, -0.1) is 0 Å². The van der Waals surface area contributed by atoms with Gasteiger partial charge in [0.25, 0.3) is 0 Å². The number of benzene rings is 4. The molecule has 0 aliphatic rings. The van der Waals surface area contributed by atoms with E-state index < -0.39 is 5.97 Å². The van der Waals surface area contributed by atoms with Crippen LogP contribution in [0.3, 0.4) is 0 Å². The van der Waals surface area contributed by atoms with E-state index in [4.69, 9.17) is 30.4 Å². The van der Waals surface area contributed by atoms with Crippen LogP contribution in [0.5, 0.6) is 11.5 Å². The average molecular weight is 651 g/mol. The topological polar surface area (TPSA) is 123 Å². The van der Waals surface area contributed by atoms with E-state index in [9.17, 15) is 9.59 Å². The van der Waals surface area contributed by atoms with Crippen LogP contribution in [-0.2, 0) is 14.3 Å². The summed E-state index contributed by atoms with van der Waals surface area (Å²) in [5.41, 5.74) is 15.9. The van der Waals surface area contributed by atoms with Crippen molar-refractivity contribution in [1.82, 2.24) is 0 Å². The van der Waals surface area contributed by atoms with Crippen molar-refractivity contribution in [3.63, 3.8) is 0 Å². The van der Waals surface area contributed by atoms with Crippen molar-refractivity contribution >= 4 is 29.4 Å². The molecule has 0 atom stereocenters. The van der Waals surface area contributed by atoms with Gasteiger partial charge >= 0.3 is 11.9 Å². The minimum Gasteiger partial charge on any atom is -0.494 e. The van der Waals surface area contributed by atoms with Crippen molar-refractivity contribution in [3.05, 3.63) is 114 Å². The number of ether oxygens (including phenoxy) is 4. The highest BCUT2D eigenvalue weighted by Crippen LogP contribution is 2.22. The third-order valence-electron chi connectivity index (χ3n) is 7.56. The fourth-order valence-electron chi connectivity index (χ4n) is 4.97. The van der Waals surface area contributed by atoms with E-state index in [2.05, 4.69) is 24.3 Å². The number of nitrogens with two attached hydrogens (primary N) is 2. The van der Waals surface area contributed by atoms with E-state index in [1.165, 1.54) is 17.2 Å². The van der Waals surface area contributed by atoms with E-state index in [1.54, 1.807) is 24.3 Å². The Bertz CT molecular complexity index is 1550. The largest absolute Gasteiger partial charge is 0.494 e. The quantitative estimate of drug-likeness (QED) is 0.0422. The number of carbonyl (C=O) groups excluding carboxylic acids is 2. The summed E-state index contributed by atoms with van der Waals surface area (Å²) >= 11 is 0. The standard InChI is InChI=1S/C40H46N2O6/c41-35-28-34(29-36(42)30-35)40(44)48-27-11-4-2-9-24-45-37-19-14-31(15-20-37)16-23-39(43)47-26-10-3-1-8-25-46-38-21-17-33(18-22-38)32-12-6-5-7-13-32/h5-7,12-23,28-30H,1-4,8-11,24-27,41-42H2/b23-16+. The zero-order valence-electron chi connectivity index (χ0n) is 27.5. The van der Waals surface area contributed by atoms with Crippen molar-refractivity contribution in [2.24, 2.45) is 0 Å². The second-order valence-electron chi connectivity index (χ2n) is 11.5. The molecule has 0 spiro atoms. The van der Waals surface area contributed by atoms with Crippen LogP contribution in [0.4, 0.5) is 11.4 Å². The Morgan fingerprint density at radius 1 is 0.542 bits per heavy atom. The van der Waals surface area contributed by atoms with Gasteiger partial charge in [-0.25, -0.2) is 9.59 Å². The first kappa shape index (κ1) is 35.6. The Morgan fingerprint density at radius 3 is 1.62 bits per heavy atom. The smallest absolute Gasteiger partial charge is 0.338 e. The Balaban J connectivity index is 0.970. The zero-order valence-corrected chi connectivity index (χ0v) is 27.5. The fourth-order valence-corrected chi connectivity index (χ4v) is 4.97. The Morgan fingerprint density at radius 2 is 1.04 bits per heavy atom. The van der Waals surface area contributed by atoms with Gasteiger partial charge in [0, 0.05) is 17.5 Å². The summed E-state index contributed by atoms with van der Waals surface area (Å²) in [5.74, 6) is 0.887. The molecule has 0 saturated carbocycles. The van der Waals surface area contributed by atoms with Gasteiger partial charge in [0.1, 0.15) is 11.5 Å². The van der Waals surface area contributed by atoms with Gasteiger partial charge in [-0.3, -0.25) is 0 Å². The van der Waals surface area contributed by atoms with Crippen molar-refractivity contribution in [1.29, 1.82) is 0 Å². The fraction of sp³-hybridized carbons (Fsp3) is 0.300. The molecule has 4 aromatic carbocycles. The van der Waals surface area contributed by atoms with E-state index in [0.717, 1.165) is 68.4 Å². The molecule has 4 aromatic rings. The lowest BCUT2D eigenvalue weighted by molar-refractivity contribution is -0.137. The van der Waals surface area contributed by atoms with Gasteiger partial charge in [0.2, 0.25) is 0 Å². The molecule has 8 heteroatoms. The van der Waals surface area contributed by atoms with Crippen LogP contribution < -0.4 is 20.9 Å². The molecule has 0 aliphatic carbocycles. The van der Waals surface area contributed by atoms with Gasteiger partial charge < -0.3 is 30.4 Å². The number of anilines is 2. The molecule has 252 valence electrons. The van der Waals surface area contributed by atoms with E-state index in [0.29, 0.717) is 43.4 Å². The molecule has 48 heavy (non-hydrogen) atoms. The third-order valence-corrected chi connectivity index (χ3v) is 7.56. The molecular formula is C40H46N2O6. The van der Waals surface area contributed by atoms with Gasteiger partial charge in [0.05, 0.1) is 32.0 Å². The first-order valence-electron chi connectivity index (χ1n) is 16.7. The van der Waals surface area contributed by atoms with Gasteiger partial charge in [-0.2, -0.15) is 0 Å². The number of esters is 2. The highest BCUT2D eigenvalue weighted by atomic mass is 16.5. The summed E-state index contributed by atoms with van der Waals surface area (Å²) < 4.78 is 22.3. The first-order chi connectivity index (χ1) is 23.5. The predicted molar refractivity (Wildman–Crippen MR) is 192 cm³/mol. The van der Waals surface area contributed by atoms with E-state index in [-0.39, 0.29) is 5.97 Å². The number of unbranched alkanes of at least 4 members (excludes halogenated alkanes) is 6. The molecular weight excluding hydrogens is 604 g/mol. The predicted octanol–water partition coefficient (Wildman–Crippen LogP) is 8.51. The molecule has 0 heterocycles. The second-order valence-corrected chi connectivity index (χ2v) is 11.5. The highest BCUT2D eigenvalue weighted by Gasteiger charge is 2.08. The molecule has 0 saturated heterocycles. The molecule has 0 aliphatic heterocycles. The molecule has 0 amide bonds. The van der Waals surface area contributed by atoms with Crippen molar-refractivity contribution in [3.8, 4) is 22.6 Å². The molecule has 4 N–H and O–H groups in total. The maximum absolute atomic E-state index is 12.1. The van der Waals surface area contributed by atoms with Crippen LogP contribution in [0.1, 0.15) is 67.3 Å². The van der Waals surface area contributed by atoms with E-state index >= 15 is 0 Å². The first-order valence-corrected chi connectivity index (χ1v) is 16.7. The van der Waals surface area contributed by atoms with E-state index in [1.807, 2.05) is 54.6 Å². The normalized spacial score (nSPS) is 10.9. The number of hydrogen-bond donors (Lipinski definition) is 2. The van der Waals surface area contributed by atoms with Crippen LogP contribution in [0.2, 0.25) is 0 Å². The third kappa shape index (κ3) is 13.2. The van der Waals surface area contributed by atoms with Crippen LogP contribution in [0.15, 0.2) is 103 Å².